The fourth-order valence-corrected chi connectivity index (χ4v) is 3.81. The molecule has 1 aliphatic carbocycles. The Morgan fingerprint density at radius 1 is 1.07 bits per heavy atom. The number of hydrogen-bond acceptors (Lipinski definition) is 5. The number of ether oxygens (including phenoxy) is 1. The predicted octanol–water partition coefficient (Wildman–Crippen LogP) is 3.96. The van der Waals surface area contributed by atoms with Gasteiger partial charge >= 0.3 is 5.97 Å². The van der Waals surface area contributed by atoms with Crippen molar-refractivity contribution in [1.29, 1.82) is 0 Å². The average molecular weight is 378 g/mol. The molecule has 0 radical (unpaired) electrons. The van der Waals surface area contributed by atoms with Gasteiger partial charge in [-0.25, -0.2) is 0 Å². The Bertz CT molecular complexity index is 985. The van der Waals surface area contributed by atoms with Gasteiger partial charge in [0.15, 0.2) is 0 Å². The third-order valence-electron chi connectivity index (χ3n) is 5.40. The van der Waals surface area contributed by atoms with Gasteiger partial charge in [-0.15, -0.1) is 0 Å². The normalized spacial score (nSPS) is 19.3. The van der Waals surface area contributed by atoms with E-state index in [-0.39, 0.29) is 23.8 Å². The summed E-state index contributed by atoms with van der Waals surface area (Å²) >= 11 is 0. The van der Waals surface area contributed by atoms with Gasteiger partial charge < -0.3 is 14.5 Å². The fourth-order valence-electron chi connectivity index (χ4n) is 3.81. The number of methoxy groups -OCH3 is 1. The molecule has 28 heavy (non-hydrogen) atoms. The molecule has 1 saturated carbocycles. The van der Waals surface area contributed by atoms with Crippen molar-refractivity contribution in [1.82, 2.24) is 10.3 Å². The lowest BCUT2D eigenvalue weighted by molar-refractivity contribution is -0.146. The number of hydrogen-bond donors (Lipinski definition) is 1. The van der Waals surface area contributed by atoms with Gasteiger partial charge in [0.25, 0.3) is 5.91 Å². The number of nitrogens with zero attached hydrogens (tertiary/aromatic N) is 1. The molecule has 6 nitrogen and oxygen atoms in total. The first-order chi connectivity index (χ1) is 13.7. The number of amides is 1. The van der Waals surface area contributed by atoms with Crippen LogP contribution in [-0.2, 0) is 9.53 Å². The van der Waals surface area contributed by atoms with E-state index in [1.165, 1.54) is 7.11 Å². The van der Waals surface area contributed by atoms with Crippen molar-refractivity contribution < 1.29 is 18.7 Å². The lowest BCUT2D eigenvalue weighted by atomic mass is 9.86. The molecule has 144 valence electrons. The molecule has 6 heteroatoms. The van der Waals surface area contributed by atoms with E-state index in [1.807, 2.05) is 36.4 Å². The molecule has 0 atom stereocenters. The number of benzene rings is 1. The fraction of sp³-hybridized carbons (Fsp3) is 0.318. The summed E-state index contributed by atoms with van der Waals surface area (Å²) in [6, 6.07) is 11.2. The quantitative estimate of drug-likeness (QED) is 0.695. The van der Waals surface area contributed by atoms with Crippen molar-refractivity contribution in [2.45, 2.75) is 31.7 Å². The molecular weight excluding hydrogens is 356 g/mol. The van der Waals surface area contributed by atoms with Crippen LogP contribution in [0.1, 0.15) is 36.0 Å². The summed E-state index contributed by atoms with van der Waals surface area (Å²) in [5, 5.41) is 4.02. The van der Waals surface area contributed by atoms with Crippen LogP contribution in [-0.4, -0.2) is 30.0 Å². The maximum absolute atomic E-state index is 12.6. The van der Waals surface area contributed by atoms with Gasteiger partial charge in [0, 0.05) is 28.8 Å². The van der Waals surface area contributed by atoms with Crippen LogP contribution in [0, 0.1) is 5.92 Å². The summed E-state index contributed by atoms with van der Waals surface area (Å²) in [6.45, 7) is 0. The summed E-state index contributed by atoms with van der Waals surface area (Å²) in [4.78, 5) is 28.6. The second kappa shape index (κ2) is 7.84. The van der Waals surface area contributed by atoms with E-state index in [0.717, 1.165) is 47.9 Å². The largest absolute Gasteiger partial charge is 0.469 e. The van der Waals surface area contributed by atoms with Crippen LogP contribution in [0.25, 0.3) is 22.2 Å². The third kappa shape index (κ3) is 3.63. The molecule has 0 spiro atoms. The highest BCUT2D eigenvalue weighted by Gasteiger charge is 2.27. The SMILES string of the molecule is COC(=O)[C@H]1CC[C@H](NC(=O)c2ccc(-c3nccc4occc34)cc2)CC1. The Labute approximate surface area is 162 Å². The van der Waals surface area contributed by atoms with Crippen LogP contribution < -0.4 is 5.32 Å². The summed E-state index contributed by atoms with van der Waals surface area (Å²) in [7, 11) is 1.42. The monoisotopic (exact) mass is 378 g/mol. The number of furan rings is 1. The van der Waals surface area contributed by atoms with Gasteiger partial charge in [0.1, 0.15) is 5.58 Å². The number of carbonyl (C=O) groups excluding carboxylic acids is 2. The van der Waals surface area contributed by atoms with E-state index in [0.29, 0.717) is 5.56 Å². The zero-order chi connectivity index (χ0) is 19.5. The maximum Gasteiger partial charge on any atom is 0.308 e. The van der Waals surface area contributed by atoms with Gasteiger partial charge in [-0.3, -0.25) is 14.6 Å². The van der Waals surface area contributed by atoms with Gasteiger partial charge in [-0.1, -0.05) is 12.1 Å². The van der Waals surface area contributed by atoms with Crippen molar-refractivity contribution in [2.75, 3.05) is 7.11 Å². The minimum absolute atomic E-state index is 0.0458. The number of esters is 1. The predicted molar refractivity (Wildman–Crippen MR) is 105 cm³/mol. The van der Waals surface area contributed by atoms with Crippen LogP contribution in [0.5, 0.6) is 0 Å². The number of rotatable bonds is 4. The number of pyridine rings is 1. The molecule has 0 unspecified atom stereocenters. The van der Waals surface area contributed by atoms with Gasteiger partial charge in [-0.05, 0) is 49.9 Å². The van der Waals surface area contributed by atoms with Gasteiger partial charge in [0.2, 0.25) is 0 Å². The first-order valence-electron chi connectivity index (χ1n) is 9.47. The Balaban J connectivity index is 1.41. The zero-order valence-electron chi connectivity index (χ0n) is 15.7. The summed E-state index contributed by atoms with van der Waals surface area (Å²) in [5.41, 5.74) is 3.16. The van der Waals surface area contributed by atoms with E-state index in [2.05, 4.69) is 10.3 Å². The minimum Gasteiger partial charge on any atom is -0.469 e. The van der Waals surface area contributed by atoms with Crippen LogP contribution in [0.2, 0.25) is 0 Å². The lowest BCUT2D eigenvalue weighted by Gasteiger charge is -2.27. The molecular formula is C22H22N2O4. The average Bonchev–Trinajstić information content (AvgIpc) is 3.23. The Morgan fingerprint density at radius 2 is 1.82 bits per heavy atom. The molecule has 1 aromatic carbocycles. The topological polar surface area (TPSA) is 81.4 Å². The molecule has 4 rings (SSSR count). The van der Waals surface area contributed by atoms with Crippen LogP contribution >= 0.6 is 0 Å². The second-order valence-corrected chi connectivity index (χ2v) is 7.11. The molecule has 2 aromatic heterocycles. The molecule has 0 saturated heterocycles. The number of aromatic nitrogens is 1. The zero-order valence-corrected chi connectivity index (χ0v) is 15.7. The summed E-state index contributed by atoms with van der Waals surface area (Å²) in [6.07, 6.45) is 6.43. The number of nitrogens with one attached hydrogen (secondary N) is 1. The maximum atomic E-state index is 12.6. The molecule has 1 aliphatic rings. The smallest absolute Gasteiger partial charge is 0.308 e. The molecule has 3 aromatic rings. The van der Waals surface area contributed by atoms with Crippen LogP contribution in [0.3, 0.4) is 0 Å². The number of fused-ring (bicyclic) bond motifs is 1. The number of carbonyl (C=O) groups is 2. The summed E-state index contributed by atoms with van der Waals surface area (Å²) in [5.74, 6) is -0.292. The lowest BCUT2D eigenvalue weighted by Crippen LogP contribution is -2.38. The molecule has 2 heterocycles. The highest BCUT2D eigenvalue weighted by Crippen LogP contribution is 2.28. The first kappa shape index (κ1) is 18.2. The second-order valence-electron chi connectivity index (χ2n) is 7.11. The Morgan fingerprint density at radius 3 is 2.54 bits per heavy atom. The van der Waals surface area contributed by atoms with Crippen LogP contribution in [0.15, 0.2) is 53.3 Å². The molecule has 1 N–H and O–H groups in total. The first-order valence-corrected chi connectivity index (χ1v) is 9.47. The molecule has 0 bridgehead atoms. The van der Waals surface area contributed by atoms with E-state index >= 15 is 0 Å². The van der Waals surface area contributed by atoms with Crippen molar-refractivity contribution in [3.63, 3.8) is 0 Å². The highest BCUT2D eigenvalue weighted by molar-refractivity contribution is 5.96. The van der Waals surface area contributed by atoms with Crippen molar-refractivity contribution in [3.8, 4) is 11.3 Å². The van der Waals surface area contributed by atoms with Crippen LogP contribution in [0.4, 0.5) is 0 Å². The van der Waals surface area contributed by atoms with E-state index in [4.69, 9.17) is 9.15 Å². The van der Waals surface area contributed by atoms with Gasteiger partial charge in [-0.2, -0.15) is 0 Å². The summed E-state index contributed by atoms with van der Waals surface area (Å²) < 4.78 is 10.2. The minimum atomic E-state index is -0.151. The molecule has 0 aliphatic heterocycles. The van der Waals surface area contributed by atoms with Crippen molar-refractivity contribution >= 4 is 22.8 Å². The van der Waals surface area contributed by atoms with Crippen molar-refractivity contribution in [3.05, 3.63) is 54.4 Å². The highest BCUT2D eigenvalue weighted by atomic mass is 16.5. The molecule has 1 fully saturated rings. The van der Waals surface area contributed by atoms with Crippen molar-refractivity contribution in [2.24, 2.45) is 5.92 Å². The third-order valence-corrected chi connectivity index (χ3v) is 5.40. The van der Waals surface area contributed by atoms with E-state index in [9.17, 15) is 9.59 Å². The van der Waals surface area contributed by atoms with E-state index in [1.54, 1.807) is 12.5 Å². The Hall–Kier alpha value is -3.15. The van der Waals surface area contributed by atoms with Gasteiger partial charge in [0.05, 0.1) is 25.0 Å². The molecule has 1 amide bonds. The Kier molecular flexibility index (Phi) is 5.10. The van der Waals surface area contributed by atoms with E-state index < -0.39 is 0 Å². The standard InChI is InChI=1S/C22H22N2O4/c1-27-22(26)16-6-8-17(9-7-16)24-21(25)15-4-2-14(3-5-15)20-18-11-13-28-19(18)10-12-23-20/h2-5,10-13,16-17H,6-9H2,1H3,(H,24,25)/t16-,17-.